The predicted molar refractivity (Wildman–Crippen MR) is 95.1 cm³/mol. The molecule has 2 N–H and O–H groups in total. The molecular weight excluding hydrogens is 352 g/mol. The lowest BCUT2D eigenvalue weighted by molar-refractivity contribution is -0.159. The van der Waals surface area contributed by atoms with Crippen LogP contribution in [-0.4, -0.2) is 57.8 Å². The van der Waals surface area contributed by atoms with Crippen molar-refractivity contribution >= 4 is 29.7 Å². The summed E-state index contributed by atoms with van der Waals surface area (Å²) in [5.41, 5.74) is 5.64. The Labute approximate surface area is 157 Å². The molecule has 0 aromatic carbocycles. The van der Waals surface area contributed by atoms with Crippen molar-refractivity contribution in [3.05, 3.63) is 5.82 Å². The summed E-state index contributed by atoms with van der Waals surface area (Å²) in [5, 5.41) is 0. The van der Waals surface area contributed by atoms with Crippen LogP contribution in [0, 0.1) is 11.8 Å². The Morgan fingerprint density at radius 3 is 2.33 bits per heavy atom. The molecule has 1 aromatic heterocycles. The van der Waals surface area contributed by atoms with Gasteiger partial charge in [0, 0.05) is 14.1 Å². The molecule has 3 atom stereocenters. The molecule has 27 heavy (non-hydrogen) atoms. The number of carbonyl (C=O) groups is 3. The van der Waals surface area contributed by atoms with E-state index in [1.165, 1.54) is 6.92 Å². The van der Waals surface area contributed by atoms with Gasteiger partial charge in [-0.1, -0.05) is 12.8 Å². The van der Waals surface area contributed by atoms with Crippen LogP contribution in [0.25, 0.3) is 0 Å². The summed E-state index contributed by atoms with van der Waals surface area (Å²) in [5.74, 6) is -1.26. The molecule has 0 bridgehead atoms. The molecule has 2 amide bonds. The van der Waals surface area contributed by atoms with E-state index in [-0.39, 0.29) is 42.0 Å². The summed E-state index contributed by atoms with van der Waals surface area (Å²) in [6.07, 6.45) is 3.26. The molecule has 1 aliphatic carbocycles. The molecule has 2 aliphatic rings. The summed E-state index contributed by atoms with van der Waals surface area (Å²) < 4.78 is 5.23. The Kier molecular flexibility index (Phi) is 5.24. The molecule has 10 nitrogen and oxygen atoms in total. The number of hydrogen-bond acceptors (Lipinski definition) is 9. The molecular formula is C17H24N6O4. The minimum Gasteiger partial charge on any atom is -0.456 e. The minimum absolute atomic E-state index is 0.0155. The smallest absolute Gasteiger partial charge is 0.329 e. The molecule has 0 radical (unpaired) electrons. The van der Waals surface area contributed by atoms with Crippen molar-refractivity contribution in [2.24, 2.45) is 11.8 Å². The zero-order valence-electron chi connectivity index (χ0n) is 15.7. The van der Waals surface area contributed by atoms with Gasteiger partial charge in [-0.2, -0.15) is 15.0 Å². The van der Waals surface area contributed by atoms with Gasteiger partial charge in [0.1, 0.15) is 6.04 Å². The van der Waals surface area contributed by atoms with Crippen molar-refractivity contribution in [2.45, 2.75) is 45.3 Å². The number of imide groups is 1. The number of rotatable bonds is 5. The number of nitrogen functional groups attached to an aromatic ring is 1. The van der Waals surface area contributed by atoms with Crippen LogP contribution in [0.15, 0.2) is 0 Å². The molecule has 3 rings (SSSR count). The highest BCUT2D eigenvalue weighted by Crippen LogP contribution is 2.38. The van der Waals surface area contributed by atoms with Crippen molar-refractivity contribution < 1.29 is 19.1 Å². The van der Waals surface area contributed by atoms with E-state index in [0.29, 0.717) is 18.8 Å². The van der Waals surface area contributed by atoms with Gasteiger partial charge in [0.15, 0.2) is 12.4 Å². The van der Waals surface area contributed by atoms with Gasteiger partial charge in [-0.3, -0.25) is 14.5 Å². The van der Waals surface area contributed by atoms with Crippen LogP contribution in [-0.2, 0) is 25.7 Å². The summed E-state index contributed by atoms with van der Waals surface area (Å²) in [6.45, 7) is 1.28. The molecule has 0 spiro atoms. The highest BCUT2D eigenvalue weighted by molar-refractivity contribution is 6.07. The zero-order valence-corrected chi connectivity index (χ0v) is 15.7. The Hall–Kier alpha value is -2.78. The van der Waals surface area contributed by atoms with E-state index < -0.39 is 12.0 Å². The quantitative estimate of drug-likeness (QED) is 0.562. The van der Waals surface area contributed by atoms with Gasteiger partial charge in [0.05, 0.1) is 11.8 Å². The van der Waals surface area contributed by atoms with E-state index in [9.17, 15) is 14.4 Å². The number of nitrogens with two attached hydrogens (primary N) is 1. The number of fused-ring (bicyclic) bond motifs is 1. The van der Waals surface area contributed by atoms with E-state index in [4.69, 9.17) is 10.5 Å². The van der Waals surface area contributed by atoms with Gasteiger partial charge in [-0.15, -0.1) is 0 Å². The van der Waals surface area contributed by atoms with Crippen molar-refractivity contribution in [3.8, 4) is 0 Å². The average molecular weight is 376 g/mol. The lowest BCUT2D eigenvalue weighted by Crippen LogP contribution is -2.44. The number of esters is 1. The first-order valence-corrected chi connectivity index (χ1v) is 9.01. The molecule has 2 fully saturated rings. The van der Waals surface area contributed by atoms with E-state index >= 15 is 0 Å². The molecule has 1 saturated carbocycles. The van der Waals surface area contributed by atoms with E-state index in [0.717, 1.165) is 17.7 Å². The molecule has 2 unspecified atom stereocenters. The standard InChI is InChI=1S/C17H24N6O4/c1-9(23-13(24)10-6-4-5-7-11(10)14(23)25)15(26)27-8-12-19-16(18)21-17(20-12)22(2)3/h9-11H,4-8H2,1-3H3,(H2,18,19,20,21)/t9-,10?,11?/m1/s1. The third-order valence-corrected chi connectivity index (χ3v) is 5.03. The summed E-state index contributed by atoms with van der Waals surface area (Å²) in [6, 6.07) is -0.983. The van der Waals surface area contributed by atoms with Crippen molar-refractivity contribution in [1.82, 2.24) is 19.9 Å². The SMILES string of the molecule is C[C@H](C(=O)OCc1nc(N)nc(N(C)C)n1)N1C(=O)C2CCCCC2C1=O. The normalized spacial score (nSPS) is 23.1. The zero-order chi connectivity index (χ0) is 19.7. The topological polar surface area (TPSA) is 132 Å². The molecule has 2 heterocycles. The fraction of sp³-hybridized carbons (Fsp3) is 0.647. The van der Waals surface area contributed by atoms with Gasteiger partial charge in [-0.25, -0.2) is 4.79 Å². The fourth-order valence-electron chi connectivity index (χ4n) is 3.62. The maximum absolute atomic E-state index is 12.6. The van der Waals surface area contributed by atoms with Gasteiger partial charge < -0.3 is 15.4 Å². The summed E-state index contributed by atoms with van der Waals surface area (Å²) >= 11 is 0. The largest absolute Gasteiger partial charge is 0.456 e. The Morgan fingerprint density at radius 2 is 1.78 bits per heavy atom. The number of aromatic nitrogens is 3. The maximum Gasteiger partial charge on any atom is 0.329 e. The lowest BCUT2D eigenvalue weighted by Gasteiger charge is -2.21. The van der Waals surface area contributed by atoms with Crippen molar-refractivity contribution in [1.29, 1.82) is 0 Å². The van der Waals surface area contributed by atoms with Crippen LogP contribution in [0.1, 0.15) is 38.4 Å². The second kappa shape index (κ2) is 7.45. The van der Waals surface area contributed by atoms with E-state index in [1.54, 1.807) is 19.0 Å². The lowest BCUT2D eigenvalue weighted by atomic mass is 9.81. The molecule has 1 saturated heterocycles. The van der Waals surface area contributed by atoms with Crippen LogP contribution < -0.4 is 10.6 Å². The monoisotopic (exact) mass is 376 g/mol. The Balaban J connectivity index is 1.66. The maximum atomic E-state index is 12.6. The molecule has 146 valence electrons. The van der Waals surface area contributed by atoms with Gasteiger partial charge >= 0.3 is 5.97 Å². The highest BCUT2D eigenvalue weighted by atomic mass is 16.5. The van der Waals surface area contributed by atoms with Gasteiger partial charge in [0.25, 0.3) is 0 Å². The molecule has 1 aliphatic heterocycles. The average Bonchev–Trinajstić information content (AvgIpc) is 2.89. The highest BCUT2D eigenvalue weighted by Gasteiger charge is 2.51. The third-order valence-electron chi connectivity index (χ3n) is 5.03. The third kappa shape index (κ3) is 3.69. The number of hydrogen-bond donors (Lipinski definition) is 1. The number of anilines is 2. The number of likely N-dealkylation sites (tertiary alicyclic amines) is 1. The Morgan fingerprint density at radius 1 is 1.19 bits per heavy atom. The van der Waals surface area contributed by atoms with Crippen LogP contribution in [0.5, 0.6) is 0 Å². The van der Waals surface area contributed by atoms with Gasteiger partial charge in [0.2, 0.25) is 23.7 Å². The first-order valence-electron chi connectivity index (χ1n) is 9.01. The number of carbonyl (C=O) groups excluding carboxylic acids is 3. The molecule has 10 heteroatoms. The summed E-state index contributed by atoms with van der Waals surface area (Å²) in [7, 11) is 3.49. The Bertz CT molecular complexity index is 744. The number of ether oxygens (including phenoxy) is 1. The fourth-order valence-corrected chi connectivity index (χ4v) is 3.62. The first kappa shape index (κ1) is 19.0. The van der Waals surface area contributed by atoms with Crippen molar-refractivity contribution in [3.63, 3.8) is 0 Å². The number of amides is 2. The first-order chi connectivity index (χ1) is 12.8. The van der Waals surface area contributed by atoms with E-state index in [1.807, 2.05) is 0 Å². The van der Waals surface area contributed by atoms with E-state index in [2.05, 4.69) is 15.0 Å². The van der Waals surface area contributed by atoms with Gasteiger partial charge in [-0.05, 0) is 19.8 Å². The summed E-state index contributed by atoms with van der Waals surface area (Å²) in [4.78, 5) is 52.3. The van der Waals surface area contributed by atoms with Crippen LogP contribution in [0.2, 0.25) is 0 Å². The second-order valence-electron chi connectivity index (χ2n) is 7.13. The minimum atomic E-state index is -0.983. The predicted octanol–water partition coefficient (Wildman–Crippen LogP) is 0.127. The second-order valence-corrected chi connectivity index (χ2v) is 7.13. The van der Waals surface area contributed by atoms with Crippen LogP contribution >= 0.6 is 0 Å². The van der Waals surface area contributed by atoms with Crippen LogP contribution in [0.4, 0.5) is 11.9 Å². The number of nitrogens with zero attached hydrogens (tertiary/aromatic N) is 5. The molecule has 1 aromatic rings. The van der Waals surface area contributed by atoms with Crippen LogP contribution in [0.3, 0.4) is 0 Å². The van der Waals surface area contributed by atoms with Crippen molar-refractivity contribution in [2.75, 3.05) is 24.7 Å².